The van der Waals surface area contributed by atoms with Gasteiger partial charge in [-0.1, -0.05) is 0 Å². The molecule has 2 aromatic rings. The van der Waals surface area contributed by atoms with Crippen molar-refractivity contribution in [1.29, 1.82) is 0 Å². The molecule has 1 aromatic carbocycles. The van der Waals surface area contributed by atoms with Crippen LogP contribution in [0.3, 0.4) is 0 Å². The van der Waals surface area contributed by atoms with Crippen molar-refractivity contribution in [3.05, 3.63) is 41.7 Å². The quantitative estimate of drug-likeness (QED) is 0.803. The predicted molar refractivity (Wildman–Crippen MR) is 56.5 cm³/mol. The maximum absolute atomic E-state index is 13.5. The zero-order valence-electron chi connectivity index (χ0n) is 8.54. The van der Waals surface area contributed by atoms with E-state index in [-0.39, 0.29) is 11.4 Å². The first kappa shape index (κ1) is 10.5. The molecule has 16 heavy (non-hydrogen) atoms. The molecule has 82 valence electrons. The Morgan fingerprint density at radius 2 is 1.94 bits per heavy atom. The molecule has 0 saturated heterocycles. The van der Waals surface area contributed by atoms with Crippen molar-refractivity contribution in [2.45, 2.75) is 6.92 Å². The van der Waals surface area contributed by atoms with Gasteiger partial charge < -0.3 is 5.73 Å². The van der Waals surface area contributed by atoms with Crippen LogP contribution in [0.1, 0.15) is 5.56 Å². The van der Waals surface area contributed by atoms with Crippen LogP contribution in [0, 0.1) is 18.6 Å². The van der Waals surface area contributed by atoms with Crippen LogP contribution < -0.4 is 5.73 Å². The fourth-order valence-electron chi connectivity index (χ4n) is 1.41. The number of rotatable bonds is 1. The van der Waals surface area contributed by atoms with Crippen molar-refractivity contribution in [3.63, 3.8) is 0 Å². The Kier molecular flexibility index (Phi) is 2.52. The van der Waals surface area contributed by atoms with Gasteiger partial charge in [0.2, 0.25) is 0 Å². The molecule has 5 heteroatoms. The molecule has 0 aliphatic rings. The molecule has 0 unspecified atom stereocenters. The Hall–Kier alpha value is -2.04. The lowest BCUT2D eigenvalue weighted by atomic mass is 10.1. The van der Waals surface area contributed by atoms with Crippen LogP contribution in [0.15, 0.2) is 24.5 Å². The molecule has 2 rings (SSSR count). The summed E-state index contributed by atoms with van der Waals surface area (Å²) >= 11 is 0. The third kappa shape index (κ3) is 1.71. The van der Waals surface area contributed by atoms with Crippen molar-refractivity contribution in [2.24, 2.45) is 0 Å². The molecule has 0 fully saturated rings. The molecular weight excluding hydrogens is 212 g/mol. The first-order valence-electron chi connectivity index (χ1n) is 4.62. The molecule has 0 spiro atoms. The molecule has 1 aromatic heterocycles. The largest absolute Gasteiger partial charge is 0.383 e. The summed E-state index contributed by atoms with van der Waals surface area (Å²) in [7, 11) is 0. The van der Waals surface area contributed by atoms with Crippen LogP contribution in [0.5, 0.6) is 0 Å². The maximum Gasteiger partial charge on any atom is 0.132 e. The van der Waals surface area contributed by atoms with E-state index in [1.807, 2.05) is 0 Å². The van der Waals surface area contributed by atoms with Gasteiger partial charge in [-0.2, -0.15) is 0 Å². The number of nitrogen functional groups attached to an aromatic ring is 1. The van der Waals surface area contributed by atoms with E-state index < -0.39 is 11.6 Å². The lowest BCUT2D eigenvalue weighted by Gasteiger charge is -2.07. The van der Waals surface area contributed by atoms with Gasteiger partial charge in [0.1, 0.15) is 23.8 Å². The standard InChI is InChI=1S/C11H9F2N3/c1-6-10(15-5-16-11(6)14)8-4-7(12)2-3-9(8)13/h2-5H,1H3,(H2,14,15,16). The van der Waals surface area contributed by atoms with E-state index in [2.05, 4.69) is 9.97 Å². The van der Waals surface area contributed by atoms with Crippen LogP contribution in [0.25, 0.3) is 11.3 Å². The predicted octanol–water partition coefficient (Wildman–Crippen LogP) is 2.31. The molecular formula is C11H9F2N3. The number of hydrogen-bond donors (Lipinski definition) is 1. The molecule has 0 aliphatic carbocycles. The highest BCUT2D eigenvalue weighted by atomic mass is 19.1. The average Bonchev–Trinajstić information content (AvgIpc) is 2.26. The summed E-state index contributed by atoms with van der Waals surface area (Å²) in [5, 5.41) is 0. The summed E-state index contributed by atoms with van der Waals surface area (Å²) in [5.41, 5.74) is 6.51. The minimum Gasteiger partial charge on any atom is -0.383 e. The van der Waals surface area contributed by atoms with E-state index >= 15 is 0 Å². The van der Waals surface area contributed by atoms with E-state index in [1.165, 1.54) is 6.33 Å². The summed E-state index contributed by atoms with van der Waals surface area (Å²) in [4.78, 5) is 7.68. The van der Waals surface area contributed by atoms with Gasteiger partial charge in [-0.3, -0.25) is 0 Å². The Morgan fingerprint density at radius 1 is 1.19 bits per heavy atom. The zero-order chi connectivity index (χ0) is 11.7. The van der Waals surface area contributed by atoms with Gasteiger partial charge in [-0.15, -0.1) is 0 Å². The highest BCUT2D eigenvalue weighted by molar-refractivity contribution is 5.67. The highest BCUT2D eigenvalue weighted by Gasteiger charge is 2.12. The molecule has 2 N–H and O–H groups in total. The Balaban J connectivity index is 2.67. The molecule has 0 aliphatic heterocycles. The van der Waals surface area contributed by atoms with Gasteiger partial charge >= 0.3 is 0 Å². The van der Waals surface area contributed by atoms with Crippen molar-refractivity contribution in [3.8, 4) is 11.3 Å². The van der Waals surface area contributed by atoms with Crippen LogP contribution in [-0.4, -0.2) is 9.97 Å². The summed E-state index contributed by atoms with van der Waals surface area (Å²) in [6.45, 7) is 1.66. The summed E-state index contributed by atoms with van der Waals surface area (Å²) in [6.07, 6.45) is 1.22. The smallest absolute Gasteiger partial charge is 0.132 e. The van der Waals surface area contributed by atoms with Gasteiger partial charge in [-0.05, 0) is 25.1 Å². The molecule has 0 bridgehead atoms. The van der Waals surface area contributed by atoms with E-state index in [0.29, 0.717) is 11.3 Å². The number of nitrogens with two attached hydrogens (primary N) is 1. The van der Waals surface area contributed by atoms with Crippen molar-refractivity contribution in [1.82, 2.24) is 9.97 Å². The van der Waals surface area contributed by atoms with E-state index in [1.54, 1.807) is 6.92 Å². The Morgan fingerprint density at radius 3 is 2.69 bits per heavy atom. The Bertz CT molecular complexity index is 541. The minimum atomic E-state index is -0.539. The second-order valence-electron chi connectivity index (χ2n) is 3.36. The monoisotopic (exact) mass is 221 g/mol. The first-order valence-corrected chi connectivity index (χ1v) is 4.62. The van der Waals surface area contributed by atoms with Gasteiger partial charge in [0.05, 0.1) is 5.69 Å². The third-order valence-electron chi connectivity index (χ3n) is 2.31. The normalized spacial score (nSPS) is 10.4. The van der Waals surface area contributed by atoms with Crippen molar-refractivity contribution < 1.29 is 8.78 Å². The SMILES string of the molecule is Cc1c(N)ncnc1-c1cc(F)ccc1F. The van der Waals surface area contributed by atoms with Crippen molar-refractivity contribution in [2.75, 3.05) is 5.73 Å². The third-order valence-corrected chi connectivity index (χ3v) is 2.31. The second-order valence-corrected chi connectivity index (χ2v) is 3.36. The van der Waals surface area contributed by atoms with Gasteiger partial charge in [-0.25, -0.2) is 18.7 Å². The van der Waals surface area contributed by atoms with Gasteiger partial charge in [0.25, 0.3) is 0 Å². The van der Waals surface area contributed by atoms with Gasteiger partial charge in [0, 0.05) is 11.1 Å². The van der Waals surface area contributed by atoms with Gasteiger partial charge in [0.15, 0.2) is 0 Å². The fourth-order valence-corrected chi connectivity index (χ4v) is 1.41. The van der Waals surface area contributed by atoms with E-state index in [9.17, 15) is 8.78 Å². The fraction of sp³-hybridized carbons (Fsp3) is 0.0909. The molecule has 3 nitrogen and oxygen atoms in total. The molecule has 0 saturated carbocycles. The zero-order valence-corrected chi connectivity index (χ0v) is 8.54. The van der Waals surface area contributed by atoms with E-state index in [0.717, 1.165) is 18.2 Å². The molecule has 0 amide bonds. The Labute approximate surface area is 91.0 Å². The average molecular weight is 221 g/mol. The van der Waals surface area contributed by atoms with Crippen LogP contribution in [-0.2, 0) is 0 Å². The molecule has 0 radical (unpaired) electrons. The van der Waals surface area contributed by atoms with Crippen molar-refractivity contribution >= 4 is 5.82 Å². The number of halogens is 2. The number of aromatic nitrogens is 2. The molecule has 0 atom stereocenters. The van der Waals surface area contributed by atoms with E-state index in [4.69, 9.17) is 5.73 Å². The minimum absolute atomic E-state index is 0.0894. The summed E-state index contributed by atoms with van der Waals surface area (Å²) in [5.74, 6) is -0.802. The van der Waals surface area contributed by atoms with Crippen LogP contribution >= 0.6 is 0 Å². The molecule has 1 heterocycles. The number of anilines is 1. The summed E-state index contributed by atoms with van der Waals surface area (Å²) < 4.78 is 26.5. The number of hydrogen-bond acceptors (Lipinski definition) is 3. The lowest BCUT2D eigenvalue weighted by Crippen LogP contribution is -1.99. The second kappa shape index (κ2) is 3.84. The van der Waals surface area contributed by atoms with Crippen LogP contribution in [0.4, 0.5) is 14.6 Å². The lowest BCUT2D eigenvalue weighted by molar-refractivity contribution is 0.602. The topological polar surface area (TPSA) is 51.8 Å². The number of nitrogens with zero attached hydrogens (tertiary/aromatic N) is 2. The van der Waals surface area contributed by atoms with Crippen LogP contribution in [0.2, 0.25) is 0 Å². The number of benzene rings is 1. The highest BCUT2D eigenvalue weighted by Crippen LogP contribution is 2.26. The first-order chi connectivity index (χ1) is 7.59. The maximum atomic E-state index is 13.5. The summed E-state index contributed by atoms with van der Waals surface area (Å²) in [6, 6.07) is 3.20.